The first kappa shape index (κ1) is 14.5. The topological polar surface area (TPSA) is 52.6 Å². The third-order valence-electron chi connectivity index (χ3n) is 5.49. The molecule has 23 heavy (non-hydrogen) atoms. The Morgan fingerprint density at radius 2 is 1.91 bits per heavy atom. The van der Waals surface area contributed by atoms with E-state index in [1.807, 2.05) is 12.1 Å². The first-order chi connectivity index (χ1) is 11.1. The molecule has 1 N–H and O–H groups in total. The van der Waals surface area contributed by atoms with Crippen LogP contribution in [0.4, 0.5) is 5.69 Å². The molecule has 1 aromatic rings. The van der Waals surface area contributed by atoms with Crippen LogP contribution in [-0.2, 0) is 11.3 Å². The van der Waals surface area contributed by atoms with E-state index in [0.717, 1.165) is 36.6 Å². The molecule has 1 atom stereocenters. The molecule has 0 aliphatic carbocycles. The van der Waals surface area contributed by atoms with Gasteiger partial charge in [0.25, 0.3) is 5.91 Å². The molecule has 0 bridgehead atoms. The maximum atomic E-state index is 12.7. The van der Waals surface area contributed by atoms with E-state index in [-0.39, 0.29) is 17.9 Å². The summed E-state index contributed by atoms with van der Waals surface area (Å²) in [5.41, 5.74) is 3.07. The predicted molar refractivity (Wildman–Crippen MR) is 88.3 cm³/mol. The highest BCUT2D eigenvalue weighted by molar-refractivity contribution is 6.02. The van der Waals surface area contributed by atoms with E-state index in [1.54, 1.807) is 4.90 Å². The Morgan fingerprint density at radius 3 is 2.61 bits per heavy atom. The van der Waals surface area contributed by atoms with Crippen LogP contribution >= 0.6 is 0 Å². The molecular formula is C18H23N3O2. The van der Waals surface area contributed by atoms with E-state index in [9.17, 15) is 9.59 Å². The van der Waals surface area contributed by atoms with Crippen molar-refractivity contribution in [3.05, 3.63) is 29.3 Å². The van der Waals surface area contributed by atoms with Crippen molar-refractivity contribution in [2.75, 3.05) is 24.5 Å². The minimum atomic E-state index is -0.302. The lowest BCUT2D eigenvalue weighted by Crippen LogP contribution is -2.40. The average molecular weight is 313 g/mol. The van der Waals surface area contributed by atoms with Gasteiger partial charge in [-0.15, -0.1) is 0 Å². The maximum absolute atomic E-state index is 12.7. The van der Waals surface area contributed by atoms with E-state index < -0.39 is 0 Å². The van der Waals surface area contributed by atoms with Crippen molar-refractivity contribution in [1.82, 2.24) is 10.2 Å². The van der Waals surface area contributed by atoms with Gasteiger partial charge in [0.05, 0.1) is 0 Å². The summed E-state index contributed by atoms with van der Waals surface area (Å²) in [4.78, 5) is 28.9. The number of amides is 2. The number of rotatable bonds is 2. The van der Waals surface area contributed by atoms with Crippen LogP contribution in [-0.4, -0.2) is 42.4 Å². The van der Waals surface area contributed by atoms with Gasteiger partial charge in [-0.2, -0.15) is 0 Å². The average Bonchev–Trinajstić information content (AvgIpc) is 3.12. The van der Waals surface area contributed by atoms with E-state index >= 15 is 0 Å². The molecule has 4 rings (SSSR count). The van der Waals surface area contributed by atoms with Crippen molar-refractivity contribution >= 4 is 17.5 Å². The third kappa shape index (κ3) is 2.38. The van der Waals surface area contributed by atoms with Gasteiger partial charge in [-0.05, 0) is 37.3 Å². The smallest absolute Gasteiger partial charge is 0.255 e. The van der Waals surface area contributed by atoms with Gasteiger partial charge in [0.15, 0.2) is 0 Å². The fourth-order valence-electron chi connectivity index (χ4n) is 4.01. The van der Waals surface area contributed by atoms with Gasteiger partial charge in [-0.25, -0.2) is 0 Å². The Bertz CT molecular complexity index is 650. The minimum Gasteiger partial charge on any atom is -0.371 e. The summed E-state index contributed by atoms with van der Waals surface area (Å²) in [7, 11) is 0. The Kier molecular flexibility index (Phi) is 3.51. The van der Waals surface area contributed by atoms with Crippen LogP contribution in [0.15, 0.2) is 18.2 Å². The highest BCUT2D eigenvalue weighted by Gasteiger charge is 2.39. The molecule has 1 aromatic carbocycles. The molecule has 3 heterocycles. The minimum absolute atomic E-state index is 0.00859. The molecular weight excluding hydrogens is 290 g/mol. The standard InChI is InChI=1S/C18H23N3O2/c1-12-6-9-20(10-7-12)15-4-2-3-13-14(15)11-21(18(13)23)16-5-8-19-17(16)22/h2-4,12,16H,5-11H2,1H3,(H,19,22). The van der Waals surface area contributed by atoms with Gasteiger partial charge >= 0.3 is 0 Å². The Hall–Kier alpha value is -2.04. The number of hydrogen-bond donors (Lipinski definition) is 1. The van der Waals surface area contributed by atoms with E-state index in [2.05, 4.69) is 23.2 Å². The molecule has 2 saturated heterocycles. The SMILES string of the molecule is CC1CCN(c2cccc3c2CN(C2CCNC2=O)C3=O)CC1. The fourth-order valence-corrected chi connectivity index (χ4v) is 4.01. The number of nitrogens with zero attached hydrogens (tertiary/aromatic N) is 2. The van der Waals surface area contributed by atoms with Crippen LogP contribution in [0.2, 0.25) is 0 Å². The van der Waals surface area contributed by atoms with Gasteiger partial charge in [0, 0.05) is 43.0 Å². The monoisotopic (exact) mass is 313 g/mol. The second-order valence-electron chi connectivity index (χ2n) is 7.00. The van der Waals surface area contributed by atoms with Gasteiger partial charge in [-0.3, -0.25) is 9.59 Å². The summed E-state index contributed by atoms with van der Waals surface area (Å²) in [6.07, 6.45) is 3.12. The fraction of sp³-hybridized carbons (Fsp3) is 0.556. The van der Waals surface area contributed by atoms with Crippen molar-refractivity contribution in [2.45, 2.75) is 38.8 Å². The van der Waals surface area contributed by atoms with E-state index in [4.69, 9.17) is 0 Å². The van der Waals surface area contributed by atoms with Crippen LogP contribution in [0.3, 0.4) is 0 Å². The summed E-state index contributed by atoms with van der Waals surface area (Å²) in [5.74, 6) is 0.775. The molecule has 0 saturated carbocycles. The van der Waals surface area contributed by atoms with Crippen molar-refractivity contribution in [2.24, 2.45) is 5.92 Å². The van der Waals surface area contributed by atoms with Crippen LogP contribution in [0.1, 0.15) is 42.1 Å². The predicted octanol–water partition coefficient (Wildman–Crippen LogP) is 1.77. The molecule has 3 aliphatic heterocycles. The summed E-state index contributed by atoms with van der Waals surface area (Å²) in [5, 5.41) is 2.83. The number of carbonyl (C=O) groups is 2. The van der Waals surface area contributed by atoms with E-state index in [0.29, 0.717) is 13.1 Å². The van der Waals surface area contributed by atoms with Crippen LogP contribution in [0, 0.1) is 5.92 Å². The lowest BCUT2D eigenvalue weighted by molar-refractivity contribution is -0.123. The molecule has 2 fully saturated rings. The Balaban J connectivity index is 1.63. The number of benzene rings is 1. The quantitative estimate of drug-likeness (QED) is 0.905. The Morgan fingerprint density at radius 1 is 1.13 bits per heavy atom. The summed E-state index contributed by atoms with van der Waals surface area (Å²) in [6, 6.07) is 5.70. The molecule has 5 nitrogen and oxygen atoms in total. The second-order valence-corrected chi connectivity index (χ2v) is 7.00. The van der Waals surface area contributed by atoms with Crippen LogP contribution in [0.25, 0.3) is 0 Å². The number of hydrogen-bond acceptors (Lipinski definition) is 3. The highest BCUT2D eigenvalue weighted by Crippen LogP contribution is 2.35. The van der Waals surface area contributed by atoms with Crippen molar-refractivity contribution < 1.29 is 9.59 Å². The van der Waals surface area contributed by atoms with Crippen LogP contribution in [0.5, 0.6) is 0 Å². The zero-order valence-electron chi connectivity index (χ0n) is 13.5. The van der Waals surface area contributed by atoms with Crippen LogP contribution < -0.4 is 10.2 Å². The number of nitrogens with one attached hydrogen (secondary N) is 1. The molecule has 3 aliphatic rings. The summed E-state index contributed by atoms with van der Waals surface area (Å²) in [6.45, 7) is 5.64. The summed E-state index contributed by atoms with van der Waals surface area (Å²) < 4.78 is 0. The lowest BCUT2D eigenvalue weighted by atomic mass is 9.97. The first-order valence-corrected chi connectivity index (χ1v) is 8.60. The zero-order chi connectivity index (χ0) is 16.0. The van der Waals surface area contributed by atoms with Gasteiger partial charge in [-0.1, -0.05) is 13.0 Å². The first-order valence-electron chi connectivity index (χ1n) is 8.60. The molecule has 122 valence electrons. The molecule has 1 unspecified atom stereocenters. The molecule has 2 amide bonds. The van der Waals surface area contributed by atoms with Crippen molar-refractivity contribution in [3.63, 3.8) is 0 Å². The van der Waals surface area contributed by atoms with Crippen molar-refractivity contribution in [1.29, 1.82) is 0 Å². The normalized spacial score (nSPS) is 25.0. The third-order valence-corrected chi connectivity index (χ3v) is 5.49. The molecule has 0 radical (unpaired) electrons. The number of anilines is 1. The van der Waals surface area contributed by atoms with E-state index in [1.165, 1.54) is 18.5 Å². The van der Waals surface area contributed by atoms with Crippen molar-refractivity contribution in [3.8, 4) is 0 Å². The summed E-state index contributed by atoms with van der Waals surface area (Å²) >= 11 is 0. The number of piperidine rings is 1. The van der Waals surface area contributed by atoms with Gasteiger partial charge in [0.1, 0.15) is 6.04 Å². The number of carbonyl (C=O) groups excluding carboxylic acids is 2. The second kappa shape index (κ2) is 5.55. The number of fused-ring (bicyclic) bond motifs is 1. The lowest BCUT2D eigenvalue weighted by Gasteiger charge is -2.33. The molecule has 5 heteroatoms. The molecule has 0 aromatic heterocycles. The van der Waals surface area contributed by atoms with Gasteiger partial charge < -0.3 is 15.1 Å². The zero-order valence-corrected chi connectivity index (χ0v) is 13.5. The largest absolute Gasteiger partial charge is 0.371 e. The highest BCUT2D eigenvalue weighted by atomic mass is 16.2. The van der Waals surface area contributed by atoms with Gasteiger partial charge in [0.2, 0.25) is 5.91 Å². The Labute approximate surface area is 136 Å². The molecule has 0 spiro atoms. The maximum Gasteiger partial charge on any atom is 0.255 e.